The summed E-state index contributed by atoms with van der Waals surface area (Å²) in [5, 5.41) is 0. The molecule has 20 heavy (non-hydrogen) atoms. The van der Waals surface area contributed by atoms with Gasteiger partial charge in [-0.25, -0.2) is 0 Å². The van der Waals surface area contributed by atoms with Crippen LogP contribution in [0.5, 0.6) is 0 Å². The van der Waals surface area contributed by atoms with Crippen molar-refractivity contribution >= 4 is 0 Å². The maximum Gasteiger partial charge on any atom is 0.0704 e. The minimum Gasteiger partial charge on any atom is -0.379 e. The fraction of sp³-hybridized carbons (Fsp3) is 1.00. The molecule has 0 amide bonds. The van der Waals surface area contributed by atoms with Crippen molar-refractivity contribution in [1.29, 1.82) is 0 Å². The highest BCUT2D eigenvalue weighted by molar-refractivity contribution is 4.43. The molecule has 0 bridgehead atoms. The molecule has 0 aliphatic heterocycles. The van der Waals surface area contributed by atoms with E-state index in [4.69, 9.17) is 23.7 Å². The first kappa shape index (κ1) is 19.8. The minimum absolute atomic E-state index is 0.313. The number of hydrogen-bond donors (Lipinski definition) is 0. The molecule has 0 aromatic rings. The monoisotopic (exact) mass is 292 g/mol. The first-order valence-electron chi connectivity index (χ1n) is 7.73. The maximum absolute atomic E-state index is 5.49. The summed E-state index contributed by atoms with van der Waals surface area (Å²) in [7, 11) is 0. The Hall–Kier alpha value is -0.200. The average Bonchev–Trinajstić information content (AvgIpc) is 2.47. The van der Waals surface area contributed by atoms with E-state index >= 15 is 0 Å². The molecule has 0 N–H and O–H groups in total. The maximum atomic E-state index is 5.49. The predicted molar refractivity (Wildman–Crippen MR) is 79.3 cm³/mol. The summed E-state index contributed by atoms with van der Waals surface area (Å²) in [5.74, 6) is 0. The van der Waals surface area contributed by atoms with Crippen LogP contribution in [-0.4, -0.2) is 65.6 Å². The summed E-state index contributed by atoms with van der Waals surface area (Å²) < 4.78 is 26.9. The van der Waals surface area contributed by atoms with Crippen LogP contribution in [0.15, 0.2) is 0 Å². The summed E-state index contributed by atoms with van der Waals surface area (Å²) >= 11 is 0. The molecule has 0 fully saturated rings. The number of ether oxygens (including phenoxy) is 5. The van der Waals surface area contributed by atoms with Crippen LogP contribution >= 0.6 is 0 Å². The molecular formula is C15H32O5. The Balaban J connectivity index is 2.96. The Bertz CT molecular complexity index is 178. The molecule has 0 aromatic heterocycles. The second-order valence-corrected chi connectivity index (χ2v) is 4.54. The van der Waals surface area contributed by atoms with E-state index in [0.29, 0.717) is 59.0 Å². The van der Waals surface area contributed by atoms with Crippen LogP contribution in [0.3, 0.4) is 0 Å². The van der Waals surface area contributed by atoms with Crippen molar-refractivity contribution in [2.24, 2.45) is 0 Å². The second kappa shape index (κ2) is 16.9. The van der Waals surface area contributed by atoms with Gasteiger partial charge in [-0.05, 0) is 19.8 Å². The smallest absolute Gasteiger partial charge is 0.0704 e. The van der Waals surface area contributed by atoms with E-state index in [0.717, 1.165) is 19.4 Å². The van der Waals surface area contributed by atoms with Gasteiger partial charge in [0.05, 0.1) is 59.0 Å². The van der Waals surface area contributed by atoms with Gasteiger partial charge in [0, 0.05) is 6.61 Å². The predicted octanol–water partition coefficient (Wildman–Crippen LogP) is 2.28. The lowest BCUT2D eigenvalue weighted by Crippen LogP contribution is -2.15. The Morgan fingerprint density at radius 1 is 0.600 bits per heavy atom. The van der Waals surface area contributed by atoms with Gasteiger partial charge < -0.3 is 23.7 Å². The van der Waals surface area contributed by atoms with Gasteiger partial charge in [-0.3, -0.25) is 0 Å². The highest BCUT2D eigenvalue weighted by Gasteiger charge is 1.97. The number of hydrogen-bond acceptors (Lipinski definition) is 5. The molecule has 0 saturated carbocycles. The molecule has 0 saturated heterocycles. The van der Waals surface area contributed by atoms with Crippen LogP contribution in [0.25, 0.3) is 0 Å². The van der Waals surface area contributed by atoms with E-state index in [9.17, 15) is 0 Å². The molecule has 0 aliphatic carbocycles. The van der Waals surface area contributed by atoms with Crippen LogP contribution in [0, 0.1) is 0 Å². The van der Waals surface area contributed by atoms with E-state index in [2.05, 4.69) is 20.8 Å². The van der Waals surface area contributed by atoms with E-state index in [1.54, 1.807) is 0 Å². The molecular weight excluding hydrogens is 260 g/mol. The Morgan fingerprint density at radius 2 is 1.00 bits per heavy atom. The largest absolute Gasteiger partial charge is 0.379 e. The lowest BCUT2D eigenvalue weighted by molar-refractivity contribution is -0.0202. The zero-order valence-corrected chi connectivity index (χ0v) is 13.4. The van der Waals surface area contributed by atoms with E-state index < -0.39 is 0 Å². The van der Waals surface area contributed by atoms with Crippen LogP contribution < -0.4 is 0 Å². The molecule has 0 rings (SSSR count). The van der Waals surface area contributed by atoms with Crippen molar-refractivity contribution in [2.45, 2.75) is 39.7 Å². The third kappa shape index (κ3) is 15.9. The molecule has 0 radical (unpaired) electrons. The highest BCUT2D eigenvalue weighted by Crippen LogP contribution is 1.94. The quantitative estimate of drug-likeness (QED) is 0.408. The van der Waals surface area contributed by atoms with Gasteiger partial charge in [-0.1, -0.05) is 13.8 Å². The minimum atomic E-state index is 0.313. The number of rotatable bonds is 16. The third-order valence-electron chi connectivity index (χ3n) is 2.67. The SMILES string of the molecule is CCCOCCOCCOCCOCCOC(C)CC. The topological polar surface area (TPSA) is 46.2 Å². The van der Waals surface area contributed by atoms with Crippen molar-refractivity contribution < 1.29 is 23.7 Å². The lowest BCUT2D eigenvalue weighted by Gasteiger charge is -2.10. The normalized spacial score (nSPS) is 12.8. The molecule has 122 valence electrons. The van der Waals surface area contributed by atoms with E-state index in [1.807, 2.05) is 0 Å². The van der Waals surface area contributed by atoms with Crippen LogP contribution in [0.4, 0.5) is 0 Å². The van der Waals surface area contributed by atoms with Crippen molar-refractivity contribution in [2.75, 3.05) is 59.5 Å². The molecule has 0 spiro atoms. The van der Waals surface area contributed by atoms with Gasteiger partial charge in [0.1, 0.15) is 0 Å². The average molecular weight is 292 g/mol. The van der Waals surface area contributed by atoms with Gasteiger partial charge in [0.15, 0.2) is 0 Å². The van der Waals surface area contributed by atoms with E-state index in [-0.39, 0.29) is 0 Å². The van der Waals surface area contributed by atoms with Crippen LogP contribution in [-0.2, 0) is 23.7 Å². The standard InChI is InChI=1S/C15H32O5/c1-4-6-16-7-8-17-9-10-18-11-12-19-13-14-20-15(3)5-2/h15H,4-14H2,1-3H3. The van der Waals surface area contributed by atoms with Gasteiger partial charge >= 0.3 is 0 Å². The van der Waals surface area contributed by atoms with Gasteiger partial charge in [0.25, 0.3) is 0 Å². The molecule has 5 heteroatoms. The van der Waals surface area contributed by atoms with Crippen molar-refractivity contribution in [3.8, 4) is 0 Å². The van der Waals surface area contributed by atoms with Gasteiger partial charge in [0.2, 0.25) is 0 Å². The van der Waals surface area contributed by atoms with Crippen LogP contribution in [0.1, 0.15) is 33.6 Å². The fourth-order valence-corrected chi connectivity index (χ4v) is 1.33. The van der Waals surface area contributed by atoms with Crippen LogP contribution in [0.2, 0.25) is 0 Å². The molecule has 1 unspecified atom stereocenters. The van der Waals surface area contributed by atoms with Crippen molar-refractivity contribution in [3.05, 3.63) is 0 Å². The van der Waals surface area contributed by atoms with Gasteiger partial charge in [-0.2, -0.15) is 0 Å². The highest BCUT2D eigenvalue weighted by atomic mass is 16.6. The first-order chi connectivity index (χ1) is 9.81. The summed E-state index contributed by atoms with van der Waals surface area (Å²) in [5.41, 5.74) is 0. The zero-order chi connectivity index (χ0) is 14.9. The van der Waals surface area contributed by atoms with E-state index in [1.165, 1.54) is 0 Å². The Morgan fingerprint density at radius 3 is 1.40 bits per heavy atom. The van der Waals surface area contributed by atoms with Crippen molar-refractivity contribution in [1.82, 2.24) is 0 Å². The molecule has 1 atom stereocenters. The first-order valence-corrected chi connectivity index (χ1v) is 7.73. The summed E-state index contributed by atoms with van der Waals surface area (Å²) in [6, 6.07) is 0. The second-order valence-electron chi connectivity index (χ2n) is 4.54. The summed E-state index contributed by atoms with van der Waals surface area (Å²) in [6.07, 6.45) is 2.39. The molecule has 0 heterocycles. The lowest BCUT2D eigenvalue weighted by atomic mass is 10.3. The molecule has 5 nitrogen and oxygen atoms in total. The fourth-order valence-electron chi connectivity index (χ4n) is 1.33. The van der Waals surface area contributed by atoms with Gasteiger partial charge in [-0.15, -0.1) is 0 Å². The summed E-state index contributed by atoms with van der Waals surface area (Å²) in [6.45, 7) is 12.0. The Labute approximate surface area is 123 Å². The van der Waals surface area contributed by atoms with Crippen molar-refractivity contribution in [3.63, 3.8) is 0 Å². The Kier molecular flexibility index (Phi) is 16.7. The molecule has 0 aromatic carbocycles. The third-order valence-corrected chi connectivity index (χ3v) is 2.67. The molecule has 0 aliphatic rings. The zero-order valence-electron chi connectivity index (χ0n) is 13.4. The summed E-state index contributed by atoms with van der Waals surface area (Å²) in [4.78, 5) is 0.